The highest BCUT2D eigenvalue weighted by atomic mass is 127. The van der Waals surface area contributed by atoms with E-state index in [1.807, 2.05) is 0 Å². The molecule has 0 aromatic carbocycles. The largest absolute Gasteiger partial charge is 1.00 e. The maximum Gasteiger partial charge on any atom is 0.0786 e. The summed E-state index contributed by atoms with van der Waals surface area (Å²) in [6, 6.07) is 0. The number of unbranched alkanes of at least 4 members (excludes halogenated alkanes) is 20. The van der Waals surface area contributed by atoms with Gasteiger partial charge in [-0.05, 0) is 128 Å². The molecule has 0 aliphatic rings. The Kier molecular flexibility index (Phi) is 113. The molecule has 0 fully saturated rings. The number of quaternary nitrogens is 5. The second-order valence-electron chi connectivity index (χ2n) is 28.3. The van der Waals surface area contributed by atoms with Crippen LogP contribution in [0.15, 0.2) is 0 Å². The zero-order valence-corrected chi connectivity index (χ0v) is 77.3. The van der Waals surface area contributed by atoms with Gasteiger partial charge < -0.3 is 142 Å². The van der Waals surface area contributed by atoms with E-state index >= 15 is 0 Å². The minimum atomic E-state index is 0. The van der Waals surface area contributed by atoms with Crippen LogP contribution in [0, 0.1) is 0 Å². The Labute approximate surface area is 661 Å². The van der Waals surface area contributed by atoms with Crippen LogP contribution in [0.3, 0.4) is 0 Å². The summed E-state index contributed by atoms with van der Waals surface area (Å²) in [5.74, 6) is 0. The highest BCUT2D eigenvalue weighted by molar-refractivity contribution is 4.55. The fourth-order valence-electron chi connectivity index (χ4n) is 13.2. The zero-order valence-electron chi connectivity index (χ0n) is 66.6. The van der Waals surface area contributed by atoms with E-state index in [1.54, 1.807) is 0 Å². The molecule has 0 radical (unpaired) electrons. The molecule has 0 rings (SSSR count). The summed E-state index contributed by atoms with van der Waals surface area (Å²) < 4.78 is 7.10. The van der Waals surface area contributed by atoms with Gasteiger partial charge in [0.2, 0.25) is 0 Å². The van der Waals surface area contributed by atoms with Crippen molar-refractivity contribution in [3.05, 3.63) is 0 Å². The van der Waals surface area contributed by atoms with Crippen molar-refractivity contribution < 1.29 is 142 Å². The van der Waals surface area contributed by atoms with Crippen LogP contribution >= 0.6 is 0 Å². The van der Waals surface area contributed by atoms with Crippen LogP contribution in [0.1, 0.15) is 395 Å². The predicted octanol–water partition coefficient (Wildman–Crippen LogP) is 10.0. The van der Waals surface area contributed by atoms with Gasteiger partial charge in [-0.2, -0.15) is 0 Å². The molecule has 0 aromatic rings. The Morgan fingerprint density at radius 2 is 0.144 bits per heavy atom. The first kappa shape index (κ1) is 115. The summed E-state index contributed by atoms with van der Waals surface area (Å²) in [4.78, 5) is 0. The lowest BCUT2D eigenvalue weighted by molar-refractivity contribution is -0.929. The van der Waals surface area contributed by atoms with Crippen molar-refractivity contribution in [3.63, 3.8) is 0 Å². The highest BCUT2D eigenvalue weighted by Crippen LogP contribution is 2.21. The zero-order chi connectivity index (χ0) is 64.9. The minimum absolute atomic E-state index is 0. The standard InChI is InChI=1S/5C16H36N.5HI/c5*1-5-9-13-17(14-10-6-2,15-11-7-3)16-12-8-4;;;;;/h5*5-16H2,1-4H3;5*1H/q5*+1;;;;;/p-5. The molecule has 0 aliphatic heterocycles. The monoisotopic (exact) mass is 1850 g/mol. The lowest BCUT2D eigenvalue weighted by atomic mass is 10.1. The van der Waals surface area contributed by atoms with E-state index in [0.29, 0.717) is 0 Å². The topological polar surface area (TPSA) is 0 Å². The van der Waals surface area contributed by atoms with Crippen molar-refractivity contribution in [3.8, 4) is 0 Å². The molecule has 5 nitrogen and oxygen atoms in total. The molecule has 0 unspecified atom stereocenters. The first-order valence-corrected chi connectivity index (χ1v) is 40.5. The average Bonchev–Trinajstić information content (AvgIpc) is 3.64. The van der Waals surface area contributed by atoms with Crippen molar-refractivity contribution in [2.75, 3.05) is 131 Å². The highest BCUT2D eigenvalue weighted by Gasteiger charge is 2.29. The lowest BCUT2D eigenvalue weighted by Crippen LogP contribution is -3.00. The van der Waals surface area contributed by atoms with E-state index in [2.05, 4.69) is 138 Å². The lowest BCUT2D eigenvalue weighted by Gasteiger charge is -2.39. The number of halogens is 5. The summed E-state index contributed by atoms with van der Waals surface area (Å²) in [6.45, 7) is 75.1. The van der Waals surface area contributed by atoms with Crippen LogP contribution in [0.25, 0.3) is 0 Å². The van der Waals surface area contributed by atoms with E-state index in [-0.39, 0.29) is 120 Å². The van der Waals surface area contributed by atoms with Crippen LogP contribution in [-0.2, 0) is 0 Å². The molecule has 0 aliphatic carbocycles. The van der Waals surface area contributed by atoms with Crippen molar-refractivity contribution in [1.82, 2.24) is 0 Å². The molecule has 90 heavy (non-hydrogen) atoms. The van der Waals surface area contributed by atoms with E-state index < -0.39 is 0 Å². The molecule has 0 saturated carbocycles. The van der Waals surface area contributed by atoms with Crippen LogP contribution < -0.4 is 120 Å². The molecule has 0 amide bonds. The van der Waals surface area contributed by atoms with Gasteiger partial charge in [-0.3, -0.25) is 0 Å². The van der Waals surface area contributed by atoms with Gasteiger partial charge in [0.1, 0.15) is 0 Å². The maximum absolute atomic E-state index is 2.33. The van der Waals surface area contributed by atoms with Crippen molar-refractivity contribution in [2.45, 2.75) is 395 Å². The summed E-state index contributed by atoms with van der Waals surface area (Å²) in [5.41, 5.74) is 0. The second-order valence-corrected chi connectivity index (χ2v) is 28.3. The van der Waals surface area contributed by atoms with Gasteiger partial charge in [-0.15, -0.1) is 0 Å². The molecular formula is C80H180I5N5. The summed E-state index contributed by atoms with van der Waals surface area (Å²) in [7, 11) is 0. The second kappa shape index (κ2) is 88.5. The first-order chi connectivity index (χ1) is 41.2. The fraction of sp³-hybridized carbons (Fsp3) is 1.00. The summed E-state index contributed by atoms with van der Waals surface area (Å²) in [5, 5.41) is 0. The quantitative estimate of drug-likeness (QED) is 0.0421. The third kappa shape index (κ3) is 69.9. The number of nitrogens with zero attached hydrogens (tertiary/aromatic N) is 5. The van der Waals surface area contributed by atoms with E-state index in [0.717, 1.165) is 0 Å². The number of hydrogen-bond acceptors (Lipinski definition) is 0. The summed E-state index contributed by atoms with van der Waals surface area (Å²) in [6.07, 6.45) is 55.3. The number of hydrogen-bond donors (Lipinski definition) is 0. The van der Waals surface area contributed by atoms with E-state index in [1.165, 1.54) is 410 Å². The van der Waals surface area contributed by atoms with Crippen LogP contribution in [0.4, 0.5) is 0 Å². The van der Waals surface area contributed by atoms with Gasteiger partial charge in [-0.1, -0.05) is 267 Å². The maximum atomic E-state index is 2.33. The molecule has 0 spiro atoms. The average molecular weight is 1850 g/mol. The van der Waals surface area contributed by atoms with Crippen LogP contribution in [0.5, 0.6) is 0 Å². The first-order valence-electron chi connectivity index (χ1n) is 40.5. The molecule has 0 bridgehead atoms. The van der Waals surface area contributed by atoms with Crippen molar-refractivity contribution in [1.29, 1.82) is 0 Å². The Bertz CT molecular complexity index is 817. The van der Waals surface area contributed by atoms with Crippen LogP contribution in [-0.4, -0.2) is 153 Å². The Morgan fingerprint density at radius 1 is 0.100 bits per heavy atom. The predicted molar refractivity (Wildman–Crippen MR) is 397 cm³/mol. The fourth-order valence-corrected chi connectivity index (χ4v) is 13.2. The van der Waals surface area contributed by atoms with E-state index in [9.17, 15) is 0 Å². The number of rotatable bonds is 60. The molecule has 0 saturated heterocycles. The molecule has 560 valence electrons. The Morgan fingerprint density at radius 3 is 0.178 bits per heavy atom. The van der Waals surface area contributed by atoms with Crippen molar-refractivity contribution in [2.24, 2.45) is 0 Å². The van der Waals surface area contributed by atoms with Crippen LogP contribution in [0.2, 0.25) is 0 Å². The van der Waals surface area contributed by atoms with Crippen molar-refractivity contribution >= 4 is 0 Å². The molecular weight excluding hydrogens is 1670 g/mol. The molecule has 10 heteroatoms. The normalized spacial score (nSPS) is 11.3. The third-order valence-corrected chi connectivity index (χ3v) is 19.7. The summed E-state index contributed by atoms with van der Waals surface area (Å²) >= 11 is 0. The van der Waals surface area contributed by atoms with E-state index in [4.69, 9.17) is 0 Å². The third-order valence-electron chi connectivity index (χ3n) is 19.7. The van der Waals surface area contributed by atoms with Gasteiger partial charge >= 0.3 is 0 Å². The smallest absolute Gasteiger partial charge is 0.0786 e. The Hall–Kier alpha value is 3.45. The van der Waals surface area contributed by atoms with Gasteiger partial charge in [0.15, 0.2) is 0 Å². The molecule has 0 atom stereocenters. The molecule has 0 heterocycles. The van der Waals surface area contributed by atoms with Gasteiger partial charge in [0.05, 0.1) is 131 Å². The Balaban J connectivity index is -0.000000110. The molecule has 0 N–H and O–H groups in total. The molecule has 0 aromatic heterocycles. The minimum Gasteiger partial charge on any atom is -1.00 e. The van der Waals surface area contributed by atoms with Gasteiger partial charge in [0.25, 0.3) is 0 Å². The SMILES string of the molecule is CCCC[N+](CCCC)(CCCC)CCCC.CCCC[N+](CCCC)(CCCC)CCCC.CCCC[N+](CCCC)(CCCC)CCCC.CCCC[N+](CCCC)(CCCC)CCCC.CCCC[N+](CCCC)(CCCC)CCCC.[I-].[I-].[I-].[I-].[I-]. The van der Waals surface area contributed by atoms with Gasteiger partial charge in [0, 0.05) is 0 Å². The van der Waals surface area contributed by atoms with Gasteiger partial charge in [-0.25, -0.2) is 0 Å².